The first-order chi connectivity index (χ1) is 8.44. The lowest BCUT2D eigenvalue weighted by Crippen LogP contribution is -2.40. The maximum absolute atomic E-state index is 12.0. The molecule has 0 spiro atoms. The van der Waals surface area contributed by atoms with Crippen molar-refractivity contribution in [1.29, 1.82) is 0 Å². The van der Waals surface area contributed by atoms with Gasteiger partial charge in [-0.15, -0.1) is 0 Å². The lowest BCUT2D eigenvalue weighted by Gasteiger charge is -2.15. The molecule has 1 aromatic heterocycles. The Balaban J connectivity index is 2.19. The van der Waals surface area contributed by atoms with E-state index >= 15 is 0 Å². The molecule has 2 rings (SSSR count). The molecule has 0 unspecified atom stereocenters. The third-order valence-corrected chi connectivity index (χ3v) is 2.87. The molecule has 0 aliphatic carbocycles. The van der Waals surface area contributed by atoms with Gasteiger partial charge in [0.25, 0.3) is 5.91 Å². The fourth-order valence-electron chi connectivity index (χ4n) is 1.84. The van der Waals surface area contributed by atoms with Crippen LogP contribution in [0.4, 0.5) is 10.5 Å². The van der Waals surface area contributed by atoms with Gasteiger partial charge < -0.3 is 10.6 Å². The molecule has 3 amide bonds. The zero-order valence-electron chi connectivity index (χ0n) is 10.7. The van der Waals surface area contributed by atoms with Crippen LogP contribution in [0.1, 0.15) is 19.5 Å². The zero-order valence-corrected chi connectivity index (χ0v) is 10.7. The molecule has 1 aliphatic heterocycles. The summed E-state index contributed by atoms with van der Waals surface area (Å²) in [5.41, 5.74) is 0.729. The molecule has 6 heteroatoms. The van der Waals surface area contributed by atoms with Crippen molar-refractivity contribution >= 4 is 17.6 Å². The van der Waals surface area contributed by atoms with Gasteiger partial charge in [-0.3, -0.25) is 14.7 Å². The van der Waals surface area contributed by atoms with Gasteiger partial charge in [0.1, 0.15) is 5.54 Å². The summed E-state index contributed by atoms with van der Waals surface area (Å²) in [6, 6.07) is 3.26. The molecule has 1 aliphatic rings. The van der Waals surface area contributed by atoms with Gasteiger partial charge >= 0.3 is 6.03 Å². The minimum Gasteiger partial charge on any atom is -0.388 e. The summed E-state index contributed by atoms with van der Waals surface area (Å²) < 4.78 is 0. The number of nitrogens with one attached hydrogen (secondary N) is 2. The number of rotatable bonds is 3. The maximum Gasteiger partial charge on any atom is 0.325 e. The molecule has 0 bridgehead atoms. The standard InChI is InChI=1S/C12H16N4O2/c1-12(2)10(17)16(11(18)15-12)7-9-6-8(13-3)4-5-14-9/h4-6H,7H2,1-3H3,(H,13,14)(H,15,18). The minimum absolute atomic E-state index is 0.184. The van der Waals surface area contributed by atoms with Gasteiger partial charge in [-0.05, 0) is 26.0 Å². The van der Waals surface area contributed by atoms with Gasteiger partial charge in [-0.25, -0.2) is 4.79 Å². The number of imide groups is 1. The summed E-state index contributed by atoms with van der Waals surface area (Å²) in [7, 11) is 1.80. The molecule has 1 saturated heterocycles. The van der Waals surface area contributed by atoms with E-state index in [1.807, 2.05) is 12.1 Å². The summed E-state index contributed by atoms with van der Waals surface area (Å²) in [5, 5.41) is 5.62. The van der Waals surface area contributed by atoms with Crippen molar-refractivity contribution in [2.75, 3.05) is 12.4 Å². The Hall–Kier alpha value is -2.11. The topological polar surface area (TPSA) is 74.3 Å². The first-order valence-electron chi connectivity index (χ1n) is 5.71. The molecular weight excluding hydrogens is 232 g/mol. The fourth-order valence-corrected chi connectivity index (χ4v) is 1.84. The van der Waals surface area contributed by atoms with E-state index in [1.165, 1.54) is 4.90 Å². The molecule has 96 valence electrons. The SMILES string of the molecule is CNc1ccnc(CN2C(=O)NC(C)(C)C2=O)c1. The van der Waals surface area contributed by atoms with Crippen LogP contribution in [0, 0.1) is 0 Å². The van der Waals surface area contributed by atoms with E-state index in [4.69, 9.17) is 0 Å². The molecule has 2 heterocycles. The van der Waals surface area contributed by atoms with E-state index in [0.29, 0.717) is 5.69 Å². The highest BCUT2D eigenvalue weighted by atomic mass is 16.2. The van der Waals surface area contributed by atoms with Crippen molar-refractivity contribution in [3.8, 4) is 0 Å². The summed E-state index contributed by atoms with van der Waals surface area (Å²) >= 11 is 0. The Morgan fingerprint density at radius 2 is 2.17 bits per heavy atom. The number of amides is 3. The fraction of sp³-hybridized carbons (Fsp3) is 0.417. The first-order valence-corrected chi connectivity index (χ1v) is 5.71. The molecule has 0 aromatic carbocycles. The Morgan fingerprint density at radius 1 is 1.44 bits per heavy atom. The monoisotopic (exact) mass is 248 g/mol. The van der Waals surface area contributed by atoms with Gasteiger partial charge in [-0.1, -0.05) is 0 Å². The molecule has 1 aromatic rings. The Morgan fingerprint density at radius 3 is 2.72 bits per heavy atom. The minimum atomic E-state index is -0.836. The Bertz CT molecular complexity index is 499. The van der Waals surface area contributed by atoms with Crippen LogP contribution in [-0.4, -0.2) is 34.4 Å². The zero-order chi connectivity index (χ0) is 13.3. The van der Waals surface area contributed by atoms with Crippen LogP contribution in [0.25, 0.3) is 0 Å². The highest BCUT2D eigenvalue weighted by molar-refractivity contribution is 6.06. The number of carbonyl (C=O) groups excluding carboxylic acids is 2. The third-order valence-electron chi connectivity index (χ3n) is 2.87. The highest BCUT2D eigenvalue weighted by Crippen LogP contribution is 2.19. The number of aromatic nitrogens is 1. The van der Waals surface area contributed by atoms with E-state index < -0.39 is 5.54 Å². The van der Waals surface area contributed by atoms with E-state index in [1.54, 1.807) is 27.1 Å². The van der Waals surface area contributed by atoms with Crippen molar-refractivity contribution in [2.45, 2.75) is 25.9 Å². The molecule has 0 radical (unpaired) electrons. The predicted octanol–water partition coefficient (Wildman–Crippen LogP) is 0.954. The normalized spacial score (nSPS) is 17.8. The van der Waals surface area contributed by atoms with Crippen molar-refractivity contribution in [3.05, 3.63) is 24.0 Å². The number of anilines is 1. The maximum atomic E-state index is 12.0. The number of urea groups is 1. The summed E-state index contributed by atoms with van der Waals surface area (Å²) in [6.07, 6.45) is 1.64. The average Bonchev–Trinajstić information content (AvgIpc) is 2.52. The van der Waals surface area contributed by atoms with Gasteiger partial charge in [-0.2, -0.15) is 0 Å². The van der Waals surface area contributed by atoms with Gasteiger partial charge in [0, 0.05) is 18.9 Å². The second kappa shape index (κ2) is 4.29. The quantitative estimate of drug-likeness (QED) is 0.781. The van der Waals surface area contributed by atoms with E-state index in [0.717, 1.165) is 5.69 Å². The lowest BCUT2D eigenvalue weighted by molar-refractivity contribution is -0.130. The van der Waals surface area contributed by atoms with Crippen molar-refractivity contribution in [1.82, 2.24) is 15.2 Å². The van der Waals surface area contributed by atoms with Crippen LogP contribution in [0.5, 0.6) is 0 Å². The van der Waals surface area contributed by atoms with E-state index in [2.05, 4.69) is 15.6 Å². The molecule has 1 fully saturated rings. The van der Waals surface area contributed by atoms with Crippen LogP contribution >= 0.6 is 0 Å². The molecule has 2 N–H and O–H groups in total. The first kappa shape index (κ1) is 12.3. The van der Waals surface area contributed by atoms with Crippen LogP contribution in [-0.2, 0) is 11.3 Å². The number of carbonyl (C=O) groups is 2. The summed E-state index contributed by atoms with van der Waals surface area (Å²) in [5.74, 6) is -0.232. The average molecular weight is 248 g/mol. The Kier molecular flexibility index (Phi) is 2.94. The predicted molar refractivity (Wildman–Crippen MR) is 66.9 cm³/mol. The van der Waals surface area contributed by atoms with Crippen molar-refractivity contribution in [3.63, 3.8) is 0 Å². The molecule has 0 saturated carbocycles. The smallest absolute Gasteiger partial charge is 0.325 e. The van der Waals surface area contributed by atoms with Gasteiger partial charge in [0.2, 0.25) is 0 Å². The van der Waals surface area contributed by atoms with Crippen LogP contribution in [0.15, 0.2) is 18.3 Å². The molecule has 6 nitrogen and oxygen atoms in total. The van der Waals surface area contributed by atoms with E-state index in [-0.39, 0.29) is 18.5 Å². The number of hydrogen-bond acceptors (Lipinski definition) is 4. The summed E-state index contributed by atoms with van der Waals surface area (Å²) in [6.45, 7) is 3.55. The number of pyridine rings is 1. The second-order valence-electron chi connectivity index (χ2n) is 4.73. The lowest BCUT2D eigenvalue weighted by atomic mass is 10.1. The number of nitrogens with zero attached hydrogens (tertiary/aromatic N) is 2. The van der Waals surface area contributed by atoms with Crippen LogP contribution in [0.2, 0.25) is 0 Å². The van der Waals surface area contributed by atoms with Crippen LogP contribution in [0.3, 0.4) is 0 Å². The number of hydrogen-bond donors (Lipinski definition) is 2. The van der Waals surface area contributed by atoms with Crippen molar-refractivity contribution < 1.29 is 9.59 Å². The van der Waals surface area contributed by atoms with Gasteiger partial charge in [0.05, 0.1) is 12.2 Å². The largest absolute Gasteiger partial charge is 0.388 e. The van der Waals surface area contributed by atoms with Crippen LogP contribution < -0.4 is 10.6 Å². The summed E-state index contributed by atoms with van der Waals surface area (Å²) in [4.78, 5) is 29.0. The van der Waals surface area contributed by atoms with Crippen molar-refractivity contribution in [2.24, 2.45) is 0 Å². The highest BCUT2D eigenvalue weighted by Gasteiger charge is 2.44. The third kappa shape index (κ3) is 2.13. The van der Waals surface area contributed by atoms with E-state index in [9.17, 15) is 9.59 Å². The Labute approximate surface area is 105 Å². The van der Waals surface area contributed by atoms with Gasteiger partial charge in [0.15, 0.2) is 0 Å². The molecule has 18 heavy (non-hydrogen) atoms. The molecular formula is C12H16N4O2. The second-order valence-corrected chi connectivity index (χ2v) is 4.73. The molecule has 0 atom stereocenters.